The number of nitrogens with zero attached hydrogens (tertiary/aromatic N) is 3. The average molecular weight is 345 g/mol. The standard InChI is InChI=1S/C22H23N3O/c1-16-12-14-25(21(15-16)24-17-7-3-2-4-8-17)22(26)19-11-13-23-20-10-6-5-9-18(19)20/h5-6,9-15,17H,2-4,7-8H2,1H3. The number of aryl methyl sites for hydroxylation is 1. The Morgan fingerprint density at radius 1 is 1.12 bits per heavy atom. The van der Waals surface area contributed by atoms with Crippen LogP contribution in [0.1, 0.15) is 48.0 Å². The van der Waals surface area contributed by atoms with Gasteiger partial charge in [0.05, 0.1) is 17.1 Å². The fourth-order valence-electron chi connectivity index (χ4n) is 3.67. The number of aromatic nitrogens is 2. The summed E-state index contributed by atoms with van der Waals surface area (Å²) in [5.74, 6) is -0.0573. The lowest BCUT2D eigenvalue weighted by Gasteiger charge is -2.18. The summed E-state index contributed by atoms with van der Waals surface area (Å²) in [6, 6.07) is 13.8. The van der Waals surface area contributed by atoms with Crippen LogP contribution in [0.5, 0.6) is 0 Å². The molecule has 3 aromatic rings. The van der Waals surface area contributed by atoms with Crippen LogP contribution >= 0.6 is 0 Å². The van der Waals surface area contributed by atoms with Crippen molar-refractivity contribution in [3.8, 4) is 0 Å². The Kier molecular flexibility index (Phi) is 4.65. The molecule has 0 radical (unpaired) electrons. The Bertz CT molecular complexity index is 1010. The van der Waals surface area contributed by atoms with Crippen molar-refractivity contribution in [3.05, 3.63) is 71.5 Å². The first-order valence-corrected chi connectivity index (χ1v) is 9.34. The second-order valence-corrected chi connectivity index (χ2v) is 7.03. The molecule has 1 aliphatic carbocycles. The van der Waals surface area contributed by atoms with E-state index in [2.05, 4.69) is 4.98 Å². The molecule has 0 aliphatic heterocycles. The van der Waals surface area contributed by atoms with Crippen molar-refractivity contribution in [3.63, 3.8) is 0 Å². The van der Waals surface area contributed by atoms with E-state index >= 15 is 0 Å². The second-order valence-electron chi connectivity index (χ2n) is 7.03. The van der Waals surface area contributed by atoms with Gasteiger partial charge in [0, 0.05) is 17.8 Å². The number of carbonyl (C=O) groups excluding carboxylic acids is 1. The highest BCUT2D eigenvalue weighted by Gasteiger charge is 2.15. The normalized spacial score (nSPS) is 16.1. The van der Waals surface area contributed by atoms with Gasteiger partial charge in [0.15, 0.2) is 0 Å². The molecule has 26 heavy (non-hydrogen) atoms. The van der Waals surface area contributed by atoms with Crippen molar-refractivity contribution in [1.29, 1.82) is 0 Å². The summed E-state index contributed by atoms with van der Waals surface area (Å²) in [6.45, 7) is 2.04. The summed E-state index contributed by atoms with van der Waals surface area (Å²) in [4.78, 5) is 22.6. The number of hydrogen-bond donors (Lipinski definition) is 0. The van der Waals surface area contributed by atoms with E-state index in [0.717, 1.165) is 34.8 Å². The minimum absolute atomic E-state index is 0.0573. The van der Waals surface area contributed by atoms with Crippen LogP contribution in [0.15, 0.2) is 59.9 Å². The zero-order valence-corrected chi connectivity index (χ0v) is 15.1. The summed E-state index contributed by atoms with van der Waals surface area (Å²) < 4.78 is 1.68. The Morgan fingerprint density at radius 3 is 2.77 bits per heavy atom. The lowest BCUT2D eigenvalue weighted by atomic mass is 9.96. The van der Waals surface area contributed by atoms with Crippen LogP contribution in [0, 0.1) is 6.92 Å². The molecule has 0 bridgehead atoms. The van der Waals surface area contributed by atoms with Gasteiger partial charge in [0.1, 0.15) is 5.49 Å². The molecule has 4 nitrogen and oxygen atoms in total. The third-order valence-electron chi connectivity index (χ3n) is 5.08. The molecule has 0 spiro atoms. The molecule has 132 valence electrons. The molecule has 4 rings (SSSR count). The molecular formula is C22H23N3O. The maximum absolute atomic E-state index is 13.3. The van der Waals surface area contributed by atoms with Crippen molar-refractivity contribution >= 4 is 16.8 Å². The Morgan fingerprint density at radius 2 is 1.92 bits per heavy atom. The van der Waals surface area contributed by atoms with E-state index in [0.29, 0.717) is 11.6 Å². The van der Waals surface area contributed by atoms with Crippen molar-refractivity contribution in [2.24, 2.45) is 4.99 Å². The number of carbonyl (C=O) groups is 1. The van der Waals surface area contributed by atoms with Gasteiger partial charge in [-0.2, -0.15) is 0 Å². The highest BCUT2D eigenvalue weighted by atomic mass is 16.2. The summed E-state index contributed by atoms with van der Waals surface area (Å²) in [6.07, 6.45) is 9.51. The first kappa shape index (κ1) is 16.7. The molecule has 0 N–H and O–H groups in total. The van der Waals surface area contributed by atoms with Gasteiger partial charge >= 0.3 is 0 Å². The lowest BCUT2D eigenvalue weighted by Crippen LogP contribution is -2.30. The van der Waals surface area contributed by atoms with E-state index < -0.39 is 0 Å². The molecule has 2 aromatic heterocycles. The predicted octanol–water partition coefficient (Wildman–Crippen LogP) is 4.27. The second kappa shape index (κ2) is 7.24. The van der Waals surface area contributed by atoms with Crippen molar-refractivity contribution in [2.75, 3.05) is 0 Å². The van der Waals surface area contributed by atoms with Crippen LogP contribution in [-0.4, -0.2) is 21.5 Å². The Balaban J connectivity index is 1.82. The molecule has 0 atom stereocenters. The Labute approximate surface area is 153 Å². The van der Waals surface area contributed by atoms with E-state index in [1.165, 1.54) is 19.3 Å². The Hall–Kier alpha value is -2.75. The van der Waals surface area contributed by atoms with Crippen molar-refractivity contribution < 1.29 is 4.79 Å². The minimum atomic E-state index is -0.0573. The maximum Gasteiger partial charge on any atom is 0.264 e. The minimum Gasteiger partial charge on any atom is -0.268 e. The zero-order valence-electron chi connectivity index (χ0n) is 15.1. The first-order valence-electron chi connectivity index (χ1n) is 9.34. The van der Waals surface area contributed by atoms with Crippen LogP contribution in [0.4, 0.5) is 0 Å². The van der Waals surface area contributed by atoms with Crippen LogP contribution in [0.25, 0.3) is 10.9 Å². The fourth-order valence-corrected chi connectivity index (χ4v) is 3.67. The number of benzene rings is 1. The van der Waals surface area contributed by atoms with Gasteiger partial charge in [-0.05, 0) is 49.6 Å². The van der Waals surface area contributed by atoms with E-state index in [1.807, 2.05) is 49.5 Å². The van der Waals surface area contributed by atoms with Crippen LogP contribution in [0.2, 0.25) is 0 Å². The number of para-hydroxylation sites is 1. The van der Waals surface area contributed by atoms with E-state index in [4.69, 9.17) is 4.99 Å². The van der Waals surface area contributed by atoms with Crippen LogP contribution in [0.3, 0.4) is 0 Å². The number of pyridine rings is 2. The molecule has 1 aliphatic rings. The molecule has 1 aromatic carbocycles. The fraction of sp³-hybridized carbons (Fsp3) is 0.318. The van der Waals surface area contributed by atoms with E-state index in [-0.39, 0.29) is 5.91 Å². The van der Waals surface area contributed by atoms with E-state index in [1.54, 1.807) is 16.8 Å². The van der Waals surface area contributed by atoms with Gasteiger partial charge in [-0.3, -0.25) is 19.3 Å². The maximum atomic E-state index is 13.3. The number of hydrogen-bond acceptors (Lipinski definition) is 3. The largest absolute Gasteiger partial charge is 0.268 e. The number of fused-ring (bicyclic) bond motifs is 1. The predicted molar refractivity (Wildman–Crippen MR) is 103 cm³/mol. The lowest BCUT2D eigenvalue weighted by molar-refractivity contribution is 0.0956. The van der Waals surface area contributed by atoms with Gasteiger partial charge < -0.3 is 0 Å². The third kappa shape index (κ3) is 3.32. The van der Waals surface area contributed by atoms with E-state index in [9.17, 15) is 4.79 Å². The quantitative estimate of drug-likeness (QED) is 0.696. The topological polar surface area (TPSA) is 47.2 Å². The molecule has 4 heteroatoms. The van der Waals surface area contributed by atoms with Gasteiger partial charge in [-0.25, -0.2) is 0 Å². The number of rotatable bonds is 2. The van der Waals surface area contributed by atoms with Gasteiger partial charge in [0.2, 0.25) is 0 Å². The van der Waals surface area contributed by atoms with Gasteiger partial charge in [0.25, 0.3) is 5.91 Å². The van der Waals surface area contributed by atoms with Gasteiger partial charge in [-0.1, -0.05) is 37.5 Å². The summed E-state index contributed by atoms with van der Waals surface area (Å²) in [5.41, 5.74) is 3.35. The van der Waals surface area contributed by atoms with Crippen LogP contribution < -0.4 is 5.49 Å². The molecule has 0 saturated heterocycles. The molecule has 2 heterocycles. The SMILES string of the molecule is Cc1ccn(C(=O)c2ccnc3ccccc23)c(=NC2CCCCC2)c1. The average Bonchev–Trinajstić information content (AvgIpc) is 2.68. The van der Waals surface area contributed by atoms with Crippen molar-refractivity contribution in [1.82, 2.24) is 9.55 Å². The van der Waals surface area contributed by atoms with Crippen LogP contribution in [-0.2, 0) is 0 Å². The molecule has 1 fully saturated rings. The smallest absolute Gasteiger partial charge is 0.264 e. The zero-order chi connectivity index (χ0) is 17.9. The highest BCUT2D eigenvalue weighted by Crippen LogP contribution is 2.20. The summed E-state index contributed by atoms with van der Waals surface area (Å²) >= 11 is 0. The third-order valence-corrected chi connectivity index (χ3v) is 5.08. The monoisotopic (exact) mass is 345 g/mol. The van der Waals surface area contributed by atoms with Crippen molar-refractivity contribution in [2.45, 2.75) is 45.1 Å². The highest BCUT2D eigenvalue weighted by molar-refractivity contribution is 6.06. The molecule has 0 amide bonds. The molecule has 1 saturated carbocycles. The molecular weight excluding hydrogens is 322 g/mol. The van der Waals surface area contributed by atoms with Gasteiger partial charge in [-0.15, -0.1) is 0 Å². The first-order chi connectivity index (χ1) is 12.7. The molecule has 0 unspecified atom stereocenters. The summed E-state index contributed by atoms with van der Waals surface area (Å²) in [5, 5.41) is 0.872. The summed E-state index contributed by atoms with van der Waals surface area (Å²) in [7, 11) is 0.